The normalized spacial score (nSPS) is 19.0. The molecule has 0 atom stereocenters. The van der Waals surface area contributed by atoms with Crippen molar-refractivity contribution in [3.63, 3.8) is 0 Å². The number of para-hydroxylation sites is 1. The molecule has 0 bridgehead atoms. The second-order valence-electron chi connectivity index (χ2n) is 4.75. The predicted molar refractivity (Wildman–Crippen MR) is 83.3 cm³/mol. The highest BCUT2D eigenvalue weighted by Crippen LogP contribution is 2.14. The number of carbonyl (C=O) groups excluding carboxylic acids is 2. The smallest absolute Gasteiger partial charge is 0.290 e. The number of rotatable bonds is 2. The summed E-state index contributed by atoms with van der Waals surface area (Å²) in [5, 5.41) is 1.39. The van der Waals surface area contributed by atoms with Crippen LogP contribution in [0.1, 0.15) is 0 Å². The van der Waals surface area contributed by atoms with Crippen LogP contribution in [-0.2, 0) is 9.59 Å². The van der Waals surface area contributed by atoms with Crippen LogP contribution >= 0.6 is 11.8 Å². The number of anilines is 1. The molecule has 3 rings (SSSR count). The van der Waals surface area contributed by atoms with Crippen LogP contribution in [0.3, 0.4) is 0 Å². The Bertz CT molecular complexity index is 570. The van der Waals surface area contributed by atoms with Gasteiger partial charge in [0.1, 0.15) is 6.54 Å². The zero-order valence-electron chi connectivity index (χ0n) is 11.5. The average molecular weight is 304 g/mol. The number of benzene rings is 1. The molecule has 0 unspecified atom stereocenters. The van der Waals surface area contributed by atoms with Gasteiger partial charge in [-0.25, -0.2) is 5.01 Å². The van der Waals surface area contributed by atoms with E-state index in [1.807, 2.05) is 42.1 Å². The summed E-state index contributed by atoms with van der Waals surface area (Å²) in [6.07, 6.45) is 0. The number of amides is 2. The van der Waals surface area contributed by atoms with Gasteiger partial charge in [0.25, 0.3) is 11.8 Å². The molecule has 1 fully saturated rings. The van der Waals surface area contributed by atoms with Gasteiger partial charge in [0.2, 0.25) is 5.84 Å². The zero-order valence-corrected chi connectivity index (χ0v) is 12.3. The fraction of sp³-hybridized carbons (Fsp3) is 0.357. The van der Waals surface area contributed by atoms with Gasteiger partial charge in [0.05, 0.1) is 5.69 Å². The molecule has 1 aromatic carbocycles. The van der Waals surface area contributed by atoms with Crippen molar-refractivity contribution in [2.24, 2.45) is 4.99 Å². The van der Waals surface area contributed by atoms with Crippen molar-refractivity contribution in [1.82, 2.24) is 10.3 Å². The van der Waals surface area contributed by atoms with E-state index in [4.69, 9.17) is 0 Å². The van der Waals surface area contributed by atoms with Crippen LogP contribution in [-0.4, -0.2) is 53.7 Å². The number of thioether (sulfide) groups is 1. The Kier molecular flexibility index (Phi) is 4.10. The molecule has 1 N–H and O–H groups in total. The molecule has 1 aromatic rings. The molecule has 0 radical (unpaired) electrons. The molecular formula is C14H16N4O2S. The quantitative estimate of drug-likeness (QED) is 0.865. The number of hydrazine groups is 1. The summed E-state index contributed by atoms with van der Waals surface area (Å²) < 4.78 is 0. The van der Waals surface area contributed by atoms with E-state index in [0.29, 0.717) is 5.69 Å². The number of hydrogen-bond acceptors (Lipinski definition) is 5. The summed E-state index contributed by atoms with van der Waals surface area (Å²) in [4.78, 5) is 30.2. The summed E-state index contributed by atoms with van der Waals surface area (Å²) in [6.45, 7) is 1.44. The second kappa shape index (κ2) is 6.17. The highest BCUT2D eigenvalue weighted by molar-refractivity contribution is 7.99. The van der Waals surface area contributed by atoms with Gasteiger partial charge >= 0.3 is 0 Å². The number of hydrogen-bond donors (Lipinski definition) is 1. The fourth-order valence-electron chi connectivity index (χ4n) is 2.24. The Morgan fingerprint density at radius 3 is 2.62 bits per heavy atom. The number of amidine groups is 1. The molecule has 2 aliphatic rings. The summed E-state index contributed by atoms with van der Waals surface area (Å²) in [5.41, 5.74) is 3.56. The largest absolute Gasteiger partial charge is 0.334 e. The first-order valence-electron chi connectivity index (χ1n) is 6.82. The van der Waals surface area contributed by atoms with E-state index in [1.54, 1.807) is 4.90 Å². The van der Waals surface area contributed by atoms with E-state index in [-0.39, 0.29) is 24.2 Å². The van der Waals surface area contributed by atoms with Crippen LogP contribution in [0.15, 0.2) is 35.3 Å². The maximum absolute atomic E-state index is 12.4. The fourth-order valence-corrected chi connectivity index (χ4v) is 3.14. The Morgan fingerprint density at radius 2 is 1.90 bits per heavy atom. The van der Waals surface area contributed by atoms with Crippen molar-refractivity contribution < 1.29 is 9.59 Å². The van der Waals surface area contributed by atoms with Gasteiger partial charge in [-0.15, -0.1) is 0 Å². The van der Waals surface area contributed by atoms with E-state index < -0.39 is 0 Å². The minimum absolute atomic E-state index is 0.00838. The maximum atomic E-state index is 12.4. The number of nitrogens with zero attached hydrogens (tertiary/aromatic N) is 3. The molecule has 2 amide bonds. The lowest BCUT2D eigenvalue weighted by atomic mass is 10.3. The first-order valence-corrected chi connectivity index (χ1v) is 7.97. The first kappa shape index (κ1) is 13.9. The molecule has 2 heterocycles. The highest BCUT2D eigenvalue weighted by Gasteiger charge is 2.28. The molecule has 0 aromatic heterocycles. The average Bonchev–Trinajstić information content (AvgIpc) is 2.56. The predicted octanol–water partition coefficient (Wildman–Crippen LogP) is 0.512. The lowest BCUT2D eigenvalue weighted by Gasteiger charge is -2.31. The van der Waals surface area contributed by atoms with Crippen LogP contribution in [0.5, 0.6) is 0 Å². The van der Waals surface area contributed by atoms with Crippen LogP contribution in [0.2, 0.25) is 0 Å². The molecule has 7 heteroatoms. The summed E-state index contributed by atoms with van der Waals surface area (Å²) in [6, 6.07) is 9.20. The third kappa shape index (κ3) is 3.02. The van der Waals surface area contributed by atoms with E-state index in [9.17, 15) is 9.59 Å². The monoisotopic (exact) mass is 304 g/mol. The molecule has 0 aliphatic carbocycles. The lowest BCUT2D eigenvalue weighted by Crippen LogP contribution is -2.57. The van der Waals surface area contributed by atoms with Gasteiger partial charge in [0, 0.05) is 24.6 Å². The van der Waals surface area contributed by atoms with Gasteiger partial charge in [-0.3, -0.25) is 20.0 Å². The van der Waals surface area contributed by atoms with Gasteiger partial charge in [0.15, 0.2) is 0 Å². The highest BCUT2D eigenvalue weighted by atomic mass is 32.2. The summed E-state index contributed by atoms with van der Waals surface area (Å²) in [5.74, 6) is 1.82. The minimum Gasteiger partial charge on any atom is -0.334 e. The molecule has 0 saturated carbocycles. The van der Waals surface area contributed by atoms with Crippen LogP contribution in [0.25, 0.3) is 0 Å². The Hall–Kier alpha value is -2.02. The van der Waals surface area contributed by atoms with Crippen molar-refractivity contribution in [3.8, 4) is 0 Å². The van der Waals surface area contributed by atoms with Crippen LogP contribution < -0.4 is 10.4 Å². The maximum Gasteiger partial charge on any atom is 0.290 e. The summed E-state index contributed by atoms with van der Waals surface area (Å²) >= 11 is 1.84. The standard InChI is InChI=1S/C14H16N4O2S/c19-12-10-15-13(14(20)17-6-8-21-9-7-17)16-18(12)11-4-2-1-3-5-11/h1-5H,6-10H2,(H,15,16). The van der Waals surface area contributed by atoms with Gasteiger partial charge < -0.3 is 4.90 Å². The molecule has 0 spiro atoms. The van der Waals surface area contributed by atoms with Gasteiger partial charge in [-0.2, -0.15) is 11.8 Å². The molecule has 2 aliphatic heterocycles. The van der Waals surface area contributed by atoms with E-state index in [0.717, 1.165) is 24.6 Å². The number of carbonyl (C=O) groups is 2. The first-order chi connectivity index (χ1) is 10.3. The lowest BCUT2D eigenvalue weighted by molar-refractivity contribution is -0.124. The minimum atomic E-state index is -0.174. The topological polar surface area (TPSA) is 65.0 Å². The molecule has 110 valence electrons. The number of aliphatic imine (C=N–C) groups is 1. The van der Waals surface area contributed by atoms with Crippen molar-refractivity contribution in [3.05, 3.63) is 30.3 Å². The molecule has 1 saturated heterocycles. The SMILES string of the molecule is O=C(C1=NCC(=O)N(c2ccccc2)N1)N1CCSCC1. The van der Waals surface area contributed by atoms with Crippen molar-refractivity contribution in [2.45, 2.75) is 0 Å². The Balaban J connectivity index is 1.75. The van der Waals surface area contributed by atoms with Gasteiger partial charge in [-0.05, 0) is 12.1 Å². The molecule has 6 nitrogen and oxygen atoms in total. The van der Waals surface area contributed by atoms with Crippen molar-refractivity contribution in [2.75, 3.05) is 36.1 Å². The Morgan fingerprint density at radius 1 is 1.19 bits per heavy atom. The van der Waals surface area contributed by atoms with E-state index in [2.05, 4.69) is 10.4 Å². The van der Waals surface area contributed by atoms with Crippen molar-refractivity contribution >= 4 is 35.1 Å². The van der Waals surface area contributed by atoms with Gasteiger partial charge in [-0.1, -0.05) is 18.2 Å². The van der Waals surface area contributed by atoms with E-state index in [1.165, 1.54) is 5.01 Å². The Labute approximate surface area is 127 Å². The summed E-state index contributed by atoms with van der Waals surface area (Å²) in [7, 11) is 0. The third-order valence-electron chi connectivity index (χ3n) is 3.35. The third-order valence-corrected chi connectivity index (χ3v) is 4.30. The van der Waals surface area contributed by atoms with Crippen molar-refractivity contribution in [1.29, 1.82) is 0 Å². The second-order valence-corrected chi connectivity index (χ2v) is 5.97. The molecule has 21 heavy (non-hydrogen) atoms. The molecular weight excluding hydrogens is 288 g/mol. The van der Waals surface area contributed by atoms with E-state index >= 15 is 0 Å². The van der Waals surface area contributed by atoms with Crippen LogP contribution in [0, 0.1) is 0 Å². The zero-order chi connectivity index (χ0) is 14.7. The number of nitrogens with one attached hydrogen (secondary N) is 1. The van der Waals surface area contributed by atoms with Crippen LogP contribution in [0.4, 0.5) is 5.69 Å².